The fourth-order valence-electron chi connectivity index (χ4n) is 1.98. The number of aromatic nitrogens is 2. The highest BCUT2D eigenvalue weighted by atomic mass is 16.5. The van der Waals surface area contributed by atoms with Crippen LogP contribution in [0.15, 0.2) is 24.5 Å². The first-order chi connectivity index (χ1) is 9.59. The molecular formula is C14H19N3O3. The Morgan fingerprint density at radius 1 is 1.40 bits per heavy atom. The number of fused-ring (bicyclic) bond motifs is 1. The Labute approximate surface area is 117 Å². The molecule has 1 heterocycles. The Kier molecular flexibility index (Phi) is 4.70. The van der Waals surface area contributed by atoms with Gasteiger partial charge in [-0.05, 0) is 26.2 Å². The molecular weight excluding hydrogens is 258 g/mol. The van der Waals surface area contributed by atoms with E-state index in [1.54, 1.807) is 18.5 Å². The fraction of sp³-hybridized carbons (Fsp3) is 0.429. The first-order valence-corrected chi connectivity index (χ1v) is 6.49. The average Bonchev–Trinajstić information content (AvgIpc) is 2.81. The van der Waals surface area contributed by atoms with Crippen LogP contribution in [0.4, 0.5) is 0 Å². The summed E-state index contributed by atoms with van der Waals surface area (Å²) in [7, 11) is 3.98. The first kappa shape index (κ1) is 14.5. The van der Waals surface area contributed by atoms with Crippen LogP contribution in [0.5, 0.6) is 0 Å². The van der Waals surface area contributed by atoms with Crippen molar-refractivity contribution in [3.63, 3.8) is 0 Å². The Hall–Kier alpha value is -1.92. The highest BCUT2D eigenvalue weighted by Crippen LogP contribution is 2.17. The monoisotopic (exact) mass is 277 g/mol. The first-order valence-electron chi connectivity index (χ1n) is 6.49. The molecule has 108 valence electrons. The van der Waals surface area contributed by atoms with E-state index < -0.39 is 5.97 Å². The van der Waals surface area contributed by atoms with Crippen molar-refractivity contribution in [3.05, 3.63) is 30.1 Å². The van der Waals surface area contributed by atoms with Crippen LogP contribution in [0.25, 0.3) is 11.0 Å². The van der Waals surface area contributed by atoms with E-state index in [1.165, 1.54) is 0 Å². The molecule has 0 fully saturated rings. The predicted octanol–water partition coefficient (Wildman–Crippen LogP) is 1.31. The van der Waals surface area contributed by atoms with Crippen molar-refractivity contribution in [3.8, 4) is 0 Å². The number of rotatable bonds is 7. The molecule has 1 aromatic carbocycles. The molecule has 1 N–H and O–H groups in total. The van der Waals surface area contributed by atoms with Crippen molar-refractivity contribution in [2.75, 3.05) is 33.9 Å². The summed E-state index contributed by atoms with van der Waals surface area (Å²) >= 11 is 0. The van der Waals surface area contributed by atoms with Gasteiger partial charge in [-0.3, -0.25) is 0 Å². The Bertz CT molecular complexity index is 592. The highest BCUT2D eigenvalue weighted by Gasteiger charge is 2.12. The third-order valence-electron chi connectivity index (χ3n) is 3.03. The smallest absolute Gasteiger partial charge is 0.337 e. The zero-order valence-electron chi connectivity index (χ0n) is 11.7. The quantitative estimate of drug-likeness (QED) is 0.773. The maximum Gasteiger partial charge on any atom is 0.337 e. The van der Waals surface area contributed by atoms with Crippen LogP contribution in [0, 0.1) is 0 Å². The van der Waals surface area contributed by atoms with Gasteiger partial charge in [-0.25, -0.2) is 9.78 Å². The SMILES string of the molecule is CN(C)CCOCCn1cnc2cccc(C(=O)O)c21. The minimum Gasteiger partial charge on any atom is -0.478 e. The van der Waals surface area contributed by atoms with Crippen molar-refractivity contribution >= 4 is 17.0 Å². The average molecular weight is 277 g/mol. The number of aromatic carboxylic acids is 1. The molecule has 2 aromatic rings. The topological polar surface area (TPSA) is 67.6 Å². The molecule has 2 rings (SSSR count). The number of carboxylic acids is 1. The number of benzene rings is 1. The van der Waals surface area contributed by atoms with E-state index >= 15 is 0 Å². The van der Waals surface area contributed by atoms with Crippen molar-refractivity contribution in [2.24, 2.45) is 0 Å². The van der Waals surface area contributed by atoms with Crippen LogP contribution in [0.3, 0.4) is 0 Å². The lowest BCUT2D eigenvalue weighted by Crippen LogP contribution is -2.19. The summed E-state index contributed by atoms with van der Waals surface area (Å²) in [5.41, 5.74) is 1.61. The van der Waals surface area contributed by atoms with Gasteiger partial charge in [0, 0.05) is 13.1 Å². The normalized spacial score (nSPS) is 11.3. The van der Waals surface area contributed by atoms with Gasteiger partial charge in [-0.1, -0.05) is 6.07 Å². The van der Waals surface area contributed by atoms with Crippen molar-refractivity contribution < 1.29 is 14.6 Å². The van der Waals surface area contributed by atoms with Crippen LogP contribution < -0.4 is 0 Å². The molecule has 0 spiro atoms. The predicted molar refractivity (Wildman–Crippen MR) is 76.1 cm³/mol. The third kappa shape index (κ3) is 3.34. The molecule has 1 aromatic heterocycles. The summed E-state index contributed by atoms with van der Waals surface area (Å²) in [5, 5.41) is 9.22. The summed E-state index contributed by atoms with van der Waals surface area (Å²) in [6.45, 7) is 2.65. The van der Waals surface area contributed by atoms with Gasteiger partial charge in [0.25, 0.3) is 0 Å². The summed E-state index contributed by atoms with van der Waals surface area (Å²) in [6, 6.07) is 5.11. The molecule has 0 saturated carbocycles. The summed E-state index contributed by atoms with van der Waals surface area (Å²) in [5.74, 6) is -0.939. The van der Waals surface area contributed by atoms with Crippen molar-refractivity contribution in [1.29, 1.82) is 0 Å². The van der Waals surface area contributed by atoms with Gasteiger partial charge >= 0.3 is 5.97 Å². The van der Waals surface area contributed by atoms with E-state index in [0.717, 1.165) is 6.54 Å². The summed E-state index contributed by atoms with van der Waals surface area (Å²) in [6.07, 6.45) is 1.66. The van der Waals surface area contributed by atoms with Crippen molar-refractivity contribution in [2.45, 2.75) is 6.54 Å². The van der Waals surface area contributed by atoms with Gasteiger partial charge in [0.1, 0.15) is 0 Å². The van der Waals surface area contributed by atoms with E-state index in [2.05, 4.69) is 9.88 Å². The number of carbonyl (C=O) groups is 1. The van der Waals surface area contributed by atoms with Gasteiger partial charge in [-0.2, -0.15) is 0 Å². The molecule has 0 saturated heterocycles. The van der Waals surface area contributed by atoms with Crippen LogP contribution >= 0.6 is 0 Å². The second-order valence-corrected chi connectivity index (χ2v) is 4.83. The number of imidazole rings is 1. The third-order valence-corrected chi connectivity index (χ3v) is 3.03. The molecule has 6 nitrogen and oxygen atoms in total. The highest BCUT2D eigenvalue weighted by molar-refractivity contribution is 6.01. The lowest BCUT2D eigenvalue weighted by Gasteiger charge is -2.10. The van der Waals surface area contributed by atoms with E-state index in [4.69, 9.17) is 4.74 Å². The Morgan fingerprint density at radius 2 is 2.20 bits per heavy atom. The minimum atomic E-state index is -0.939. The van der Waals surface area contributed by atoms with Gasteiger partial charge < -0.3 is 19.3 Å². The van der Waals surface area contributed by atoms with Crippen molar-refractivity contribution in [1.82, 2.24) is 14.5 Å². The molecule has 6 heteroatoms. The van der Waals surface area contributed by atoms with E-state index in [1.807, 2.05) is 24.7 Å². The number of nitrogens with zero attached hydrogens (tertiary/aromatic N) is 3. The summed E-state index contributed by atoms with van der Waals surface area (Å²) in [4.78, 5) is 17.5. The van der Waals surface area contributed by atoms with Gasteiger partial charge in [0.05, 0.1) is 36.1 Å². The maximum absolute atomic E-state index is 11.2. The number of hydrogen-bond donors (Lipinski definition) is 1. The molecule has 20 heavy (non-hydrogen) atoms. The van der Waals surface area contributed by atoms with Crippen LogP contribution in [-0.4, -0.2) is 59.4 Å². The lowest BCUT2D eigenvalue weighted by molar-refractivity contribution is 0.0698. The van der Waals surface area contributed by atoms with E-state index in [-0.39, 0.29) is 5.56 Å². The molecule has 0 aliphatic rings. The zero-order valence-corrected chi connectivity index (χ0v) is 11.7. The summed E-state index contributed by atoms with van der Waals surface area (Å²) < 4.78 is 7.36. The van der Waals surface area contributed by atoms with E-state index in [0.29, 0.717) is 30.8 Å². The van der Waals surface area contributed by atoms with Crippen LogP contribution in [0.1, 0.15) is 10.4 Å². The van der Waals surface area contributed by atoms with Gasteiger partial charge in [0.2, 0.25) is 0 Å². The molecule has 0 atom stereocenters. The van der Waals surface area contributed by atoms with E-state index in [9.17, 15) is 9.90 Å². The molecule has 0 bridgehead atoms. The standard InChI is InChI=1S/C14H19N3O3/c1-16(2)6-8-20-9-7-17-10-15-12-5-3-4-11(13(12)17)14(18)19/h3-5,10H,6-9H2,1-2H3,(H,18,19). The fourth-order valence-corrected chi connectivity index (χ4v) is 1.98. The number of likely N-dealkylation sites (N-methyl/N-ethyl adjacent to an activating group) is 1. The number of para-hydroxylation sites is 1. The second kappa shape index (κ2) is 6.49. The molecule has 0 aliphatic heterocycles. The second-order valence-electron chi connectivity index (χ2n) is 4.83. The van der Waals surface area contributed by atoms with Crippen LogP contribution in [0.2, 0.25) is 0 Å². The number of ether oxygens (including phenoxy) is 1. The minimum absolute atomic E-state index is 0.272. The largest absolute Gasteiger partial charge is 0.478 e. The molecule has 0 aliphatic carbocycles. The molecule has 0 radical (unpaired) electrons. The number of hydrogen-bond acceptors (Lipinski definition) is 4. The lowest BCUT2D eigenvalue weighted by atomic mass is 10.2. The Morgan fingerprint density at radius 3 is 2.90 bits per heavy atom. The zero-order chi connectivity index (χ0) is 14.5. The number of carboxylic acid groups (broad SMARTS) is 1. The Balaban J connectivity index is 2.05. The molecule has 0 unspecified atom stereocenters. The van der Waals surface area contributed by atoms with Gasteiger partial charge in [0.15, 0.2) is 0 Å². The van der Waals surface area contributed by atoms with Crippen LogP contribution in [-0.2, 0) is 11.3 Å². The molecule has 0 amide bonds. The van der Waals surface area contributed by atoms with Gasteiger partial charge in [-0.15, -0.1) is 0 Å². The maximum atomic E-state index is 11.2.